The van der Waals surface area contributed by atoms with Gasteiger partial charge in [0.1, 0.15) is 0 Å². The molecule has 3 atom stereocenters. The van der Waals surface area contributed by atoms with Crippen LogP contribution in [0, 0.1) is 6.92 Å². The number of nitrogens with zero attached hydrogens (tertiary/aromatic N) is 2. The molecule has 0 saturated heterocycles. The van der Waals surface area contributed by atoms with E-state index in [1.165, 1.54) is 22.9 Å². The number of aromatic nitrogens is 2. The van der Waals surface area contributed by atoms with Crippen molar-refractivity contribution in [1.29, 1.82) is 0 Å². The molecule has 1 fully saturated rings. The lowest BCUT2D eigenvalue weighted by atomic mass is 9.88. The first-order valence-corrected chi connectivity index (χ1v) is 12.4. The minimum absolute atomic E-state index is 0.281. The summed E-state index contributed by atoms with van der Waals surface area (Å²) in [6.07, 6.45) is 2.26. The lowest BCUT2D eigenvalue weighted by Crippen LogP contribution is -2.30. The lowest BCUT2D eigenvalue weighted by Gasteiger charge is -2.29. The fourth-order valence-corrected chi connectivity index (χ4v) is 5.78. The lowest BCUT2D eigenvalue weighted by molar-refractivity contribution is -0.166. The predicted molar refractivity (Wildman–Crippen MR) is 138 cm³/mol. The van der Waals surface area contributed by atoms with Gasteiger partial charge in [-0.2, -0.15) is 0 Å². The molecular formula is C30H30N2O3. The molecule has 1 saturated carbocycles. The van der Waals surface area contributed by atoms with Crippen LogP contribution in [0.4, 0.5) is 0 Å². The van der Waals surface area contributed by atoms with E-state index < -0.39 is 17.7 Å². The Bertz CT molecular complexity index is 1490. The van der Waals surface area contributed by atoms with Gasteiger partial charge < -0.3 is 9.47 Å². The first-order valence-electron chi connectivity index (χ1n) is 12.4. The third-order valence-corrected chi connectivity index (χ3v) is 7.17. The summed E-state index contributed by atoms with van der Waals surface area (Å²) in [5, 5.41) is 2.26. The summed E-state index contributed by atoms with van der Waals surface area (Å²) < 4.78 is 11.9. The maximum Gasteiger partial charge on any atom is 0.340 e. The van der Waals surface area contributed by atoms with Crippen molar-refractivity contribution in [2.75, 3.05) is 6.61 Å². The number of rotatable bonds is 5. The number of fused-ring (bicyclic) bond motifs is 4. The van der Waals surface area contributed by atoms with Crippen LogP contribution >= 0.6 is 0 Å². The molecule has 5 heteroatoms. The van der Waals surface area contributed by atoms with Crippen LogP contribution in [0.3, 0.4) is 0 Å². The van der Waals surface area contributed by atoms with E-state index in [2.05, 4.69) is 24.3 Å². The molecule has 178 valence electrons. The second-order valence-corrected chi connectivity index (χ2v) is 10.6. The van der Waals surface area contributed by atoms with Gasteiger partial charge >= 0.3 is 5.97 Å². The Morgan fingerprint density at radius 1 is 1.09 bits per heavy atom. The van der Waals surface area contributed by atoms with Crippen molar-refractivity contribution in [2.24, 2.45) is 0 Å². The first-order chi connectivity index (χ1) is 16.8. The Labute approximate surface area is 205 Å². The van der Waals surface area contributed by atoms with Crippen molar-refractivity contribution in [3.05, 3.63) is 71.0 Å². The average Bonchev–Trinajstić information content (AvgIpc) is 3.55. The van der Waals surface area contributed by atoms with E-state index in [-0.39, 0.29) is 6.61 Å². The van der Waals surface area contributed by atoms with Gasteiger partial charge in [-0.3, -0.25) is 9.97 Å². The van der Waals surface area contributed by atoms with Crippen LogP contribution in [0.5, 0.6) is 0 Å². The van der Waals surface area contributed by atoms with Gasteiger partial charge in [0.15, 0.2) is 6.10 Å². The van der Waals surface area contributed by atoms with Crippen LogP contribution in [0.25, 0.3) is 32.9 Å². The molecule has 0 aliphatic heterocycles. The van der Waals surface area contributed by atoms with E-state index in [1.54, 1.807) is 0 Å². The highest BCUT2D eigenvalue weighted by molar-refractivity contribution is 6.08. The number of pyridine rings is 2. The van der Waals surface area contributed by atoms with E-state index in [0.29, 0.717) is 11.8 Å². The van der Waals surface area contributed by atoms with Crippen LogP contribution in [0.15, 0.2) is 48.7 Å². The smallest absolute Gasteiger partial charge is 0.340 e. The number of aryl methyl sites for hydroxylation is 1. The fraction of sp³-hybridized carbons (Fsp3) is 0.367. The summed E-state index contributed by atoms with van der Waals surface area (Å²) in [5.74, 6) is 0.847. The van der Waals surface area contributed by atoms with Crippen LogP contribution < -0.4 is 0 Å². The molecule has 2 unspecified atom stereocenters. The van der Waals surface area contributed by atoms with Gasteiger partial charge in [0.05, 0.1) is 23.2 Å². The zero-order chi connectivity index (χ0) is 24.5. The number of ether oxygens (including phenoxy) is 2. The van der Waals surface area contributed by atoms with Crippen molar-refractivity contribution >= 4 is 27.8 Å². The van der Waals surface area contributed by atoms with Crippen LogP contribution in [-0.2, 0) is 14.3 Å². The maximum atomic E-state index is 13.3. The minimum Gasteiger partial charge on any atom is -0.464 e. The number of carbonyl (C=O) groups excluding carboxylic acids is 1. The molecule has 0 amide bonds. The van der Waals surface area contributed by atoms with Crippen LogP contribution in [0.1, 0.15) is 74.4 Å². The standard InChI is InChI=1S/C30H30N2O3/c1-6-34-29(33)28(35-30(3,4)5)24-16(2)32-23-10-8-7-9-19(23)25(24)20-12-11-17-21-15-22(21)18-13-14-31-27(20)26(17)18/h7-14,21-22,28H,6,15H2,1-5H3/t21?,22?,28-/m0/s1. The van der Waals surface area contributed by atoms with Crippen molar-refractivity contribution in [3.63, 3.8) is 0 Å². The highest BCUT2D eigenvalue weighted by Gasteiger charge is 2.47. The number of esters is 1. The molecule has 2 aliphatic carbocycles. The number of hydrogen-bond acceptors (Lipinski definition) is 5. The molecule has 5 nitrogen and oxygen atoms in total. The fourth-order valence-electron chi connectivity index (χ4n) is 5.78. The largest absolute Gasteiger partial charge is 0.464 e. The monoisotopic (exact) mass is 466 g/mol. The predicted octanol–water partition coefficient (Wildman–Crippen LogP) is 6.76. The molecule has 0 N–H and O–H groups in total. The Morgan fingerprint density at radius 3 is 2.57 bits per heavy atom. The molecule has 2 heterocycles. The number of carbonyl (C=O) groups is 1. The third-order valence-electron chi connectivity index (χ3n) is 7.17. The van der Waals surface area contributed by atoms with Gasteiger partial charge in [0.25, 0.3) is 0 Å². The topological polar surface area (TPSA) is 61.3 Å². The summed E-state index contributed by atoms with van der Waals surface area (Å²) in [4.78, 5) is 23.1. The Morgan fingerprint density at radius 2 is 1.83 bits per heavy atom. The zero-order valence-electron chi connectivity index (χ0n) is 20.9. The molecule has 4 aromatic rings. The van der Waals surface area contributed by atoms with Gasteiger partial charge in [-0.15, -0.1) is 0 Å². The minimum atomic E-state index is -0.904. The number of hydrogen-bond donors (Lipinski definition) is 0. The maximum absolute atomic E-state index is 13.3. The summed E-state index contributed by atoms with van der Waals surface area (Å²) in [5.41, 5.74) is 7.59. The van der Waals surface area contributed by atoms with E-state index in [0.717, 1.165) is 38.8 Å². The van der Waals surface area contributed by atoms with E-state index in [4.69, 9.17) is 19.4 Å². The quantitative estimate of drug-likeness (QED) is 0.304. The highest BCUT2D eigenvalue weighted by Crippen LogP contribution is 2.63. The molecular weight excluding hydrogens is 436 g/mol. The molecule has 0 spiro atoms. The average molecular weight is 467 g/mol. The highest BCUT2D eigenvalue weighted by atomic mass is 16.6. The molecule has 2 aliphatic rings. The zero-order valence-corrected chi connectivity index (χ0v) is 20.9. The summed E-state index contributed by atoms with van der Waals surface area (Å²) in [6.45, 7) is 9.91. The number of benzene rings is 2. The third kappa shape index (κ3) is 3.52. The molecule has 2 aromatic carbocycles. The van der Waals surface area contributed by atoms with Gasteiger partial charge in [0.2, 0.25) is 0 Å². The van der Waals surface area contributed by atoms with Crippen LogP contribution in [0.2, 0.25) is 0 Å². The second-order valence-electron chi connectivity index (χ2n) is 10.6. The molecule has 35 heavy (non-hydrogen) atoms. The molecule has 6 rings (SSSR count). The van der Waals surface area contributed by atoms with Gasteiger partial charge in [-0.25, -0.2) is 4.79 Å². The summed E-state index contributed by atoms with van der Waals surface area (Å²) in [7, 11) is 0. The van der Waals surface area contributed by atoms with Gasteiger partial charge in [-0.05, 0) is 76.1 Å². The van der Waals surface area contributed by atoms with Crippen molar-refractivity contribution in [3.8, 4) is 11.1 Å². The normalized spacial score (nSPS) is 19.1. The van der Waals surface area contributed by atoms with E-state index >= 15 is 0 Å². The van der Waals surface area contributed by atoms with Gasteiger partial charge in [-0.1, -0.05) is 30.3 Å². The van der Waals surface area contributed by atoms with Gasteiger partial charge in [0, 0.05) is 39.4 Å². The summed E-state index contributed by atoms with van der Waals surface area (Å²) in [6, 6.07) is 14.7. The first kappa shape index (κ1) is 22.2. The Balaban J connectivity index is 1.69. The Kier molecular flexibility index (Phi) is 4.98. The van der Waals surface area contributed by atoms with Crippen molar-refractivity contribution < 1.29 is 14.3 Å². The van der Waals surface area contributed by atoms with E-state index in [1.807, 2.05) is 59.0 Å². The van der Waals surface area contributed by atoms with Crippen molar-refractivity contribution in [1.82, 2.24) is 9.97 Å². The number of para-hydroxylation sites is 1. The Hall–Kier alpha value is -3.31. The summed E-state index contributed by atoms with van der Waals surface area (Å²) >= 11 is 0. The molecule has 2 aromatic heterocycles. The second kappa shape index (κ2) is 7.85. The molecule has 0 bridgehead atoms. The van der Waals surface area contributed by atoms with Crippen molar-refractivity contribution in [2.45, 2.75) is 64.6 Å². The van der Waals surface area contributed by atoms with Crippen LogP contribution in [-0.4, -0.2) is 28.1 Å². The van der Waals surface area contributed by atoms with E-state index in [9.17, 15) is 4.79 Å². The molecule has 0 radical (unpaired) electrons. The SMILES string of the molecule is CCOC(=O)[C@@H](OC(C)(C)C)c1c(C)nc2ccccc2c1-c1ccc2c3c(ccnc13)C1CC21.